The molecule has 0 radical (unpaired) electrons. The van der Waals surface area contributed by atoms with Crippen LogP contribution in [0.15, 0.2) is 40.5 Å². The monoisotopic (exact) mass is 353 g/mol. The lowest BCUT2D eigenvalue weighted by Crippen LogP contribution is -1.87. The first-order chi connectivity index (χ1) is 8.26. The molecule has 1 aromatic heterocycles. The van der Waals surface area contributed by atoms with E-state index in [2.05, 4.69) is 68.0 Å². The van der Waals surface area contributed by atoms with Gasteiger partial charge in [-0.3, -0.25) is 4.98 Å². The highest BCUT2D eigenvalue weighted by atomic mass is 79.9. The van der Waals surface area contributed by atoms with Gasteiger partial charge in [-0.15, -0.1) is 0 Å². The van der Waals surface area contributed by atoms with Crippen LogP contribution in [0.2, 0.25) is 0 Å². The lowest BCUT2D eigenvalue weighted by Gasteiger charge is -2.05. The van der Waals surface area contributed by atoms with E-state index in [4.69, 9.17) is 0 Å². The van der Waals surface area contributed by atoms with Crippen LogP contribution < -0.4 is 0 Å². The molecule has 0 amide bonds. The van der Waals surface area contributed by atoms with E-state index >= 15 is 0 Å². The molecule has 2 rings (SSSR count). The molecule has 3 heteroatoms. The number of aromatic nitrogens is 1. The van der Waals surface area contributed by atoms with Crippen LogP contribution in [0, 0.1) is 0 Å². The first-order valence-corrected chi connectivity index (χ1v) is 7.46. The zero-order chi connectivity index (χ0) is 12.3. The van der Waals surface area contributed by atoms with Gasteiger partial charge in [0, 0.05) is 26.9 Å². The molecule has 2 aromatic rings. The van der Waals surface area contributed by atoms with Crippen molar-refractivity contribution < 1.29 is 0 Å². The predicted octanol–water partition coefficient (Wildman–Crippen LogP) is 5.19. The summed E-state index contributed by atoms with van der Waals surface area (Å²) in [5.41, 5.74) is 3.60. The van der Waals surface area contributed by atoms with Crippen molar-refractivity contribution in [1.82, 2.24) is 4.98 Å². The number of halogens is 2. The van der Waals surface area contributed by atoms with Gasteiger partial charge in [-0.05, 0) is 18.6 Å². The Hall–Kier alpha value is -0.670. The molecule has 0 aliphatic heterocycles. The minimum Gasteiger partial charge on any atom is -0.256 e. The average Bonchev–Trinajstić information content (AvgIpc) is 2.38. The van der Waals surface area contributed by atoms with E-state index in [0.717, 1.165) is 27.1 Å². The van der Waals surface area contributed by atoms with Gasteiger partial charge in [0.25, 0.3) is 0 Å². The van der Waals surface area contributed by atoms with Gasteiger partial charge in [-0.25, -0.2) is 0 Å². The summed E-state index contributed by atoms with van der Waals surface area (Å²) in [4.78, 5) is 4.47. The topological polar surface area (TPSA) is 12.9 Å². The number of pyridine rings is 1. The summed E-state index contributed by atoms with van der Waals surface area (Å²) in [7, 11) is 0. The number of rotatable bonds is 3. The fourth-order valence-electron chi connectivity index (χ4n) is 1.73. The van der Waals surface area contributed by atoms with Crippen molar-refractivity contribution in [3.05, 3.63) is 46.1 Å². The van der Waals surface area contributed by atoms with E-state index in [0.29, 0.717) is 0 Å². The van der Waals surface area contributed by atoms with Crippen molar-refractivity contribution in [3.63, 3.8) is 0 Å². The van der Waals surface area contributed by atoms with Crippen LogP contribution in [-0.4, -0.2) is 10.3 Å². The Bertz CT molecular complexity index is 555. The SMILES string of the molecule is CC/C(=C/c1ccc(Br)c2cccnc12)CBr. The van der Waals surface area contributed by atoms with Gasteiger partial charge >= 0.3 is 0 Å². The summed E-state index contributed by atoms with van der Waals surface area (Å²) in [6.45, 7) is 2.17. The molecular formula is C14H13Br2N. The third-order valence-electron chi connectivity index (χ3n) is 2.73. The third kappa shape index (κ3) is 2.78. The summed E-state index contributed by atoms with van der Waals surface area (Å²) in [6.07, 6.45) is 5.11. The molecule has 0 atom stereocenters. The quantitative estimate of drug-likeness (QED) is 0.691. The molecule has 1 aromatic carbocycles. The summed E-state index contributed by atoms with van der Waals surface area (Å²) in [5.74, 6) is 0. The fourth-order valence-corrected chi connectivity index (χ4v) is 2.74. The minimum absolute atomic E-state index is 0.911. The predicted molar refractivity (Wildman–Crippen MR) is 81.5 cm³/mol. The second-order valence-corrected chi connectivity index (χ2v) is 5.24. The Kier molecular flexibility index (Phi) is 4.35. The summed E-state index contributed by atoms with van der Waals surface area (Å²) in [6, 6.07) is 8.24. The van der Waals surface area contributed by atoms with Gasteiger partial charge in [-0.1, -0.05) is 62.6 Å². The molecular weight excluding hydrogens is 342 g/mol. The number of benzene rings is 1. The van der Waals surface area contributed by atoms with E-state index in [-0.39, 0.29) is 0 Å². The van der Waals surface area contributed by atoms with Crippen LogP contribution >= 0.6 is 31.9 Å². The van der Waals surface area contributed by atoms with Gasteiger partial charge in [0.2, 0.25) is 0 Å². The number of hydrogen-bond donors (Lipinski definition) is 0. The van der Waals surface area contributed by atoms with Crippen LogP contribution in [0.3, 0.4) is 0 Å². The summed E-state index contributed by atoms with van der Waals surface area (Å²) >= 11 is 7.08. The van der Waals surface area contributed by atoms with Crippen molar-refractivity contribution >= 4 is 48.8 Å². The highest BCUT2D eigenvalue weighted by molar-refractivity contribution is 9.10. The molecule has 1 nitrogen and oxygen atoms in total. The van der Waals surface area contributed by atoms with Gasteiger partial charge in [-0.2, -0.15) is 0 Å². The molecule has 0 spiro atoms. The molecule has 0 bridgehead atoms. The normalized spacial score (nSPS) is 12.1. The van der Waals surface area contributed by atoms with Crippen LogP contribution in [0.1, 0.15) is 18.9 Å². The second kappa shape index (κ2) is 5.78. The van der Waals surface area contributed by atoms with E-state index in [9.17, 15) is 0 Å². The molecule has 0 aliphatic carbocycles. The fraction of sp³-hybridized carbons (Fsp3) is 0.214. The zero-order valence-electron chi connectivity index (χ0n) is 9.58. The molecule has 0 saturated carbocycles. The van der Waals surface area contributed by atoms with Crippen LogP contribution in [0.25, 0.3) is 17.0 Å². The summed E-state index contributed by atoms with van der Waals surface area (Å²) < 4.78 is 1.09. The highest BCUT2D eigenvalue weighted by Gasteiger charge is 2.04. The maximum atomic E-state index is 4.47. The maximum Gasteiger partial charge on any atom is 0.0785 e. The molecule has 17 heavy (non-hydrogen) atoms. The van der Waals surface area contributed by atoms with E-state index < -0.39 is 0 Å². The molecule has 0 fully saturated rings. The number of fused-ring (bicyclic) bond motifs is 1. The third-order valence-corrected chi connectivity index (χ3v) is 4.14. The van der Waals surface area contributed by atoms with Crippen LogP contribution in [0.4, 0.5) is 0 Å². The van der Waals surface area contributed by atoms with Gasteiger partial charge in [0.1, 0.15) is 0 Å². The Labute approximate surface area is 118 Å². The minimum atomic E-state index is 0.911. The molecule has 0 saturated heterocycles. The Morgan fingerprint density at radius 3 is 2.88 bits per heavy atom. The van der Waals surface area contributed by atoms with Crippen LogP contribution in [0.5, 0.6) is 0 Å². The van der Waals surface area contributed by atoms with Crippen LogP contribution in [-0.2, 0) is 0 Å². The standard InChI is InChI=1S/C14H13Br2N/c1-2-10(9-15)8-11-5-6-13(16)12-4-3-7-17-14(11)12/h3-8H,2,9H2,1H3/b10-8-. The number of allylic oxidation sites excluding steroid dienone is 1. The highest BCUT2D eigenvalue weighted by Crippen LogP contribution is 2.27. The lowest BCUT2D eigenvalue weighted by atomic mass is 10.1. The number of alkyl halides is 1. The van der Waals surface area contributed by atoms with E-state index in [1.54, 1.807) is 0 Å². The number of nitrogens with zero attached hydrogens (tertiary/aromatic N) is 1. The molecule has 0 N–H and O–H groups in total. The maximum absolute atomic E-state index is 4.47. The molecule has 0 unspecified atom stereocenters. The smallest absolute Gasteiger partial charge is 0.0785 e. The average molecular weight is 355 g/mol. The first kappa shape index (κ1) is 12.8. The van der Waals surface area contributed by atoms with E-state index in [1.807, 2.05) is 12.3 Å². The zero-order valence-corrected chi connectivity index (χ0v) is 12.8. The molecule has 0 aliphatic rings. The second-order valence-electron chi connectivity index (χ2n) is 3.83. The van der Waals surface area contributed by atoms with Crippen molar-refractivity contribution in [3.8, 4) is 0 Å². The van der Waals surface area contributed by atoms with E-state index in [1.165, 1.54) is 11.1 Å². The lowest BCUT2D eigenvalue weighted by molar-refractivity contribution is 1.12. The van der Waals surface area contributed by atoms with Gasteiger partial charge in [0.15, 0.2) is 0 Å². The number of hydrogen-bond acceptors (Lipinski definition) is 1. The Morgan fingerprint density at radius 2 is 2.18 bits per heavy atom. The van der Waals surface area contributed by atoms with Crippen molar-refractivity contribution in [1.29, 1.82) is 0 Å². The summed E-state index contributed by atoms with van der Waals surface area (Å²) in [5, 5.41) is 2.07. The molecule has 88 valence electrons. The Morgan fingerprint density at radius 1 is 1.35 bits per heavy atom. The van der Waals surface area contributed by atoms with Gasteiger partial charge in [0.05, 0.1) is 5.52 Å². The van der Waals surface area contributed by atoms with Crippen molar-refractivity contribution in [2.75, 3.05) is 5.33 Å². The largest absolute Gasteiger partial charge is 0.256 e. The van der Waals surface area contributed by atoms with Crippen molar-refractivity contribution in [2.24, 2.45) is 0 Å². The van der Waals surface area contributed by atoms with Gasteiger partial charge < -0.3 is 0 Å². The van der Waals surface area contributed by atoms with Crippen molar-refractivity contribution in [2.45, 2.75) is 13.3 Å². The molecule has 1 heterocycles. The first-order valence-electron chi connectivity index (χ1n) is 5.55. The Balaban J connectivity index is 2.63.